The SMILES string of the molecule is CCOc1cc(/C=C(\C#N)C(=O)Nc2cc(C)ccc2C)cc(Cl)c1OC. The highest BCUT2D eigenvalue weighted by Gasteiger charge is 2.14. The van der Waals surface area contributed by atoms with Crippen LogP contribution in [-0.2, 0) is 4.79 Å². The molecule has 0 bridgehead atoms. The summed E-state index contributed by atoms with van der Waals surface area (Å²) in [6.45, 7) is 6.10. The predicted octanol–water partition coefficient (Wildman–Crippen LogP) is 4.91. The first kappa shape index (κ1) is 20.3. The van der Waals surface area contributed by atoms with Crippen molar-refractivity contribution in [2.75, 3.05) is 19.0 Å². The molecule has 0 saturated heterocycles. The van der Waals surface area contributed by atoms with Crippen molar-refractivity contribution < 1.29 is 14.3 Å². The van der Waals surface area contributed by atoms with Gasteiger partial charge in [0.05, 0.1) is 18.7 Å². The van der Waals surface area contributed by atoms with E-state index in [1.165, 1.54) is 13.2 Å². The molecule has 1 N–H and O–H groups in total. The lowest BCUT2D eigenvalue weighted by atomic mass is 10.1. The van der Waals surface area contributed by atoms with Crippen LogP contribution < -0.4 is 14.8 Å². The van der Waals surface area contributed by atoms with E-state index in [1.807, 2.05) is 45.0 Å². The second kappa shape index (κ2) is 9.11. The summed E-state index contributed by atoms with van der Waals surface area (Å²) in [5.74, 6) is 0.371. The molecule has 0 fully saturated rings. The molecular formula is C21H21ClN2O3. The van der Waals surface area contributed by atoms with Crippen molar-refractivity contribution in [2.45, 2.75) is 20.8 Å². The highest BCUT2D eigenvalue weighted by atomic mass is 35.5. The first-order valence-corrected chi connectivity index (χ1v) is 8.78. The maximum absolute atomic E-state index is 12.5. The van der Waals surface area contributed by atoms with Gasteiger partial charge in [-0.05, 0) is 61.7 Å². The molecule has 140 valence electrons. The predicted molar refractivity (Wildman–Crippen MR) is 107 cm³/mol. The Kier molecular flexibility index (Phi) is 6.86. The molecule has 0 saturated carbocycles. The number of anilines is 1. The molecule has 27 heavy (non-hydrogen) atoms. The van der Waals surface area contributed by atoms with Gasteiger partial charge in [0.25, 0.3) is 5.91 Å². The topological polar surface area (TPSA) is 71.3 Å². The van der Waals surface area contributed by atoms with Crippen molar-refractivity contribution in [3.63, 3.8) is 0 Å². The zero-order chi connectivity index (χ0) is 20.0. The van der Waals surface area contributed by atoms with Crippen LogP contribution in [0.1, 0.15) is 23.6 Å². The third kappa shape index (κ3) is 5.02. The van der Waals surface area contributed by atoms with Crippen LogP contribution in [0.4, 0.5) is 5.69 Å². The number of nitriles is 1. The summed E-state index contributed by atoms with van der Waals surface area (Å²) >= 11 is 6.23. The Bertz CT molecular complexity index is 930. The molecule has 0 heterocycles. The summed E-state index contributed by atoms with van der Waals surface area (Å²) in [4.78, 5) is 12.5. The summed E-state index contributed by atoms with van der Waals surface area (Å²) in [7, 11) is 1.50. The van der Waals surface area contributed by atoms with E-state index in [4.69, 9.17) is 21.1 Å². The Morgan fingerprint density at radius 2 is 2.04 bits per heavy atom. The van der Waals surface area contributed by atoms with Crippen LogP contribution in [0.25, 0.3) is 6.08 Å². The van der Waals surface area contributed by atoms with E-state index >= 15 is 0 Å². The van der Waals surface area contributed by atoms with Gasteiger partial charge >= 0.3 is 0 Å². The molecule has 0 unspecified atom stereocenters. The Balaban J connectivity index is 2.36. The first-order chi connectivity index (χ1) is 12.9. The lowest BCUT2D eigenvalue weighted by Crippen LogP contribution is -2.14. The number of nitrogens with one attached hydrogen (secondary N) is 1. The molecule has 0 radical (unpaired) electrons. The second-order valence-electron chi connectivity index (χ2n) is 5.91. The van der Waals surface area contributed by atoms with E-state index in [-0.39, 0.29) is 5.57 Å². The molecule has 5 nitrogen and oxygen atoms in total. The van der Waals surface area contributed by atoms with Gasteiger partial charge in [0, 0.05) is 5.69 Å². The minimum Gasteiger partial charge on any atom is -0.491 e. The standard InChI is InChI=1S/C21H21ClN2O3/c1-5-27-19-11-15(10-17(22)20(19)26-4)9-16(12-23)21(25)24-18-8-13(2)6-7-14(18)3/h6-11H,5H2,1-4H3,(H,24,25)/b16-9+. The average molecular weight is 385 g/mol. The molecule has 2 rings (SSSR count). The van der Waals surface area contributed by atoms with Crippen molar-refractivity contribution in [3.05, 3.63) is 57.6 Å². The zero-order valence-corrected chi connectivity index (χ0v) is 16.5. The maximum Gasteiger partial charge on any atom is 0.266 e. The largest absolute Gasteiger partial charge is 0.491 e. The highest BCUT2D eigenvalue weighted by Crippen LogP contribution is 2.37. The number of carbonyl (C=O) groups excluding carboxylic acids is 1. The lowest BCUT2D eigenvalue weighted by Gasteiger charge is -2.12. The van der Waals surface area contributed by atoms with E-state index in [0.29, 0.717) is 34.4 Å². The molecule has 0 atom stereocenters. The molecule has 0 aliphatic heterocycles. The number of hydrogen-bond acceptors (Lipinski definition) is 4. The molecule has 1 amide bonds. The van der Waals surface area contributed by atoms with Crippen molar-refractivity contribution >= 4 is 29.3 Å². The van der Waals surface area contributed by atoms with Crippen molar-refractivity contribution in [1.82, 2.24) is 0 Å². The highest BCUT2D eigenvalue weighted by molar-refractivity contribution is 6.32. The van der Waals surface area contributed by atoms with Crippen LogP contribution in [0.15, 0.2) is 35.9 Å². The molecule has 0 aromatic heterocycles. The number of methoxy groups -OCH3 is 1. The molecular weight excluding hydrogens is 364 g/mol. The minimum atomic E-state index is -0.490. The summed E-state index contributed by atoms with van der Waals surface area (Å²) < 4.78 is 10.8. The van der Waals surface area contributed by atoms with Gasteiger partial charge in [-0.15, -0.1) is 0 Å². The van der Waals surface area contributed by atoms with E-state index in [0.717, 1.165) is 11.1 Å². The Hall–Kier alpha value is -2.97. The van der Waals surface area contributed by atoms with Gasteiger partial charge in [-0.25, -0.2) is 0 Å². The molecule has 6 heteroatoms. The number of nitrogens with zero attached hydrogens (tertiary/aromatic N) is 1. The van der Waals surface area contributed by atoms with Gasteiger partial charge in [0.2, 0.25) is 0 Å². The van der Waals surface area contributed by atoms with E-state index in [1.54, 1.807) is 12.1 Å². The number of halogens is 1. The quantitative estimate of drug-likeness (QED) is 0.567. The molecule has 0 aliphatic rings. The first-order valence-electron chi connectivity index (χ1n) is 8.40. The smallest absolute Gasteiger partial charge is 0.266 e. The number of rotatable bonds is 6. The van der Waals surface area contributed by atoms with Crippen LogP contribution >= 0.6 is 11.6 Å². The summed E-state index contributed by atoms with van der Waals surface area (Å²) in [5, 5.41) is 12.6. The van der Waals surface area contributed by atoms with Crippen molar-refractivity contribution in [2.24, 2.45) is 0 Å². The van der Waals surface area contributed by atoms with Gasteiger partial charge in [0.1, 0.15) is 11.6 Å². The number of carbonyl (C=O) groups is 1. The number of benzene rings is 2. The van der Waals surface area contributed by atoms with Gasteiger partial charge in [-0.1, -0.05) is 23.7 Å². The Morgan fingerprint density at radius 1 is 1.30 bits per heavy atom. The average Bonchev–Trinajstić information content (AvgIpc) is 2.62. The third-order valence-electron chi connectivity index (χ3n) is 3.85. The summed E-state index contributed by atoms with van der Waals surface area (Å²) in [5.41, 5.74) is 3.12. The van der Waals surface area contributed by atoms with Crippen LogP contribution in [0, 0.1) is 25.2 Å². The number of aryl methyl sites for hydroxylation is 2. The normalized spacial score (nSPS) is 10.9. The summed E-state index contributed by atoms with van der Waals surface area (Å²) in [6.07, 6.45) is 1.47. The molecule has 2 aromatic carbocycles. The fraction of sp³-hybridized carbons (Fsp3) is 0.238. The van der Waals surface area contributed by atoms with Crippen LogP contribution in [0.2, 0.25) is 5.02 Å². The zero-order valence-electron chi connectivity index (χ0n) is 15.7. The second-order valence-corrected chi connectivity index (χ2v) is 6.32. The molecule has 2 aromatic rings. The van der Waals surface area contributed by atoms with Gasteiger partial charge in [-0.3, -0.25) is 4.79 Å². The van der Waals surface area contributed by atoms with Gasteiger partial charge in [0.15, 0.2) is 11.5 Å². The van der Waals surface area contributed by atoms with Crippen molar-refractivity contribution in [1.29, 1.82) is 5.26 Å². The van der Waals surface area contributed by atoms with E-state index in [9.17, 15) is 10.1 Å². The lowest BCUT2D eigenvalue weighted by molar-refractivity contribution is -0.112. The van der Waals surface area contributed by atoms with E-state index in [2.05, 4.69) is 5.32 Å². The fourth-order valence-corrected chi connectivity index (χ4v) is 2.80. The van der Waals surface area contributed by atoms with Gasteiger partial charge in [-0.2, -0.15) is 5.26 Å². The summed E-state index contributed by atoms with van der Waals surface area (Å²) in [6, 6.07) is 11.0. The Labute approximate surface area is 164 Å². The molecule has 0 aliphatic carbocycles. The third-order valence-corrected chi connectivity index (χ3v) is 4.13. The fourth-order valence-electron chi connectivity index (χ4n) is 2.51. The number of ether oxygens (including phenoxy) is 2. The minimum absolute atomic E-state index is 0.0420. The maximum atomic E-state index is 12.5. The van der Waals surface area contributed by atoms with Crippen LogP contribution in [0.3, 0.4) is 0 Å². The van der Waals surface area contributed by atoms with Crippen LogP contribution in [0.5, 0.6) is 11.5 Å². The molecule has 0 spiro atoms. The Morgan fingerprint density at radius 3 is 2.67 bits per heavy atom. The van der Waals surface area contributed by atoms with E-state index < -0.39 is 5.91 Å². The van der Waals surface area contributed by atoms with Crippen LogP contribution in [-0.4, -0.2) is 19.6 Å². The van der Waals surface area contributed by atoms with Gasteiger partial charge < -0.3 is 14.8 Å². The monoisotopic (exact) mass is 384 g/mol. The number of amides is 1. The number of hydrogen-bond donors (Lipinski definition) is 1. The van der Waals surface area contributed by atoms with Crippen molar-refractivity contribution in [3.8, 4) is 17.6 Å².